The van der Waals surface area contributed by atoms with Crippen LogP contribution in [0, 0.1) is 13.8 Å². The van der Waals surface area contributed by atoms with Gasteiger partial charge in [0.1, 0.15) is 11.5 Å². The van der Waals surface area contributed by atoms with E-state index in [1.807, 2.05) is 6.92 Å². The molecule has 0 saturated heterocycles. The van der Waals surface area contributed by atoms with Gasteiger partial charge in [-0.05, 0) is 68.9 Å². The summed E-state index contributed by atoms with van der Waals surface area (Å²) in [6.07, 6.45) is 1.58. The van der Waals surface area contributed by atoms with Gasteiger partial charge in [-0.15, -0.1) is 0 Å². The predicted molar refractivity (Wildman–Crippen MR) is 75.4 cm³/mol. The zero-order valence-corrected chi connectivity index (χ0v) is 12.2. The van der Waals surface area contributed by atoms with Crippen molar-refractivity contribution in [1.29, 1.82) is 0 Å². The number of hydrogen-bond donors (Lipinski definition) is 0. The maximum atomic E-state index is 11.1. The number of Topliss-reactive ketones (excluding diaryl/α,β-unsaturated/α-hetero) is 1. The van der Waals surface area contributed by atoms with Gasteiger partial charge in [0, 0.05) is 6.42 Å². The summed E-state index contributed by atoms with van der Waals surface area (Å²) in [5.74, 6) is 1.63. The van der Waals surface area contributed by atoms with Crippen molar-refractivity contribution in [2.24, 2.45) is 0 Å². The lowest BCUT2D eigenvalue weighted by atomic mass is 9.88. The zero-order chi connectivity index (χ0) is 13.7. The monoisotopic (exact) mass is 248 g/mol. The van der Waals surface area contributed by atoms with E-state index in [0.717, 1.165) is 12.2 Å². The first-order valence-corrected chi connectivity index (χ1v) is 6.69. The van der Waals surface area contributed by atoms with Crippen LogP contribution < -0.4 is 4.74 Å². The number of carbonyl (C=O) groups is 1. The van der Waals surface area contributed by atoms with E-state index in [2.05, 4.69) is 32.9 Å². The van der Waals surface area contributed by atoms with E-state index in [1.54, 1.807) is 6.92 Å². The molecule has 0 heterocycles. The Morgan fingerprint density at radius 2 is 1.83 bits per heavy atom. The molecule has 1 rings (SSSR count). The summed E-state index contributed by atoms with van der Waals surface area (Å²) in [6.45, 7) is 10.8. The number of ketones is 1. The Labute approximate surface area is 110 Å². The Morgan fingerprint density at radius 3 is 2.28 bits per heavy atom. The predicted octanol–water partition coefficient (Wildman–Crippen LogP) is 4.17. The topological polar surface area (TPSA) is 26.3 Å². The second-order valence-corrected chi connectivity index (χ2v) is 5.05. The van der Waals surface area contributed by atoms with Crippen molar-refractivity contribution in [3.63, 3.8) is 0 Å². The van der Waals surface area contributed by atoms with Crippen LogP contribution in [0.3, 0.4) is 0 Å². The molecule has 1 aromatic rings. The molecule has 0 fully saturated rings. The summed E-state index contributed by atoms with van der Waals surface area (Å²) < 4.78 is 5.55. The summed E-state index contributed by atoms with van der Waals surface area (Å²) in [7, 11) is 0. The van der Waals surface area contributed by atoms with E-state index in [-0.39, 0.29) is 5.78 Å². The van der Waals surface area contributed by atoms with Gasteiger partial charge < -0.3 is 9.53 Å². The molecule has 18 heavy (non-hydrogen) atoms. The summed E-state index contributed by atoms with van der Waals surface area (Å²) in [4.78, 5) is 11.1. The summed E-state index contributed by atoms with van der Waals surface area (Å²) in [5, 5.41) is 0. The highest BCUT2D eigenvalue weighted by Gasteiger charge is 2.13. The first-order valence-electron chi connectivity index (χ1n) is 6.69. The van der Waals surface area contributed by atoms with Crippen LogP contribution in [0.2, 0.25) is 0 Å². The van der Waals surface area contributed by atoms with Gasteiger partial charge >= 0.3 is 0 Å². The first kappa shape index (κ1) is 14.7. The quantitative estimate of drug-likeness (QED) is 0.755. The number of benzene rings is 1. The Morgan fingerprint density at radius 1 is 1.28 bits per heavy atom. The van der Waals surface area contributed by atoms with Crippen molar-refractivity contribution in [3.05, 3.63) is 28.8 Å². The minimum atomic E-state index is 0.267. The molecule has 0 N–H and O–H groups in total. The van der Waals surface area contributed by atoms with Crippen molar-refractivity contribution >= 4 is 5.78 Å². The summed E-state index contributed by atoms with van der Waals surface area (Å²) in [6, 6.07) is 4.19. The molecule has 0 amide bonds. The molecule has 0 aromatic heterocycles. The normalized spacial score (nSPS) is 12.3. The molecule has 1 aromatic carbocycles. The maximum Gasteiger partial charge on any atom is 0.129 e. The lowest BCUT2D eigenvalue weighted by Crippen LogP contribution is -2.04. The number of ether oxygens (including phenoxy) is 1. The van der Waals surface area contributed by atoms with E-state index in [4.69, 9.17) is 4.74 Å². The smallest absolute Gasteiger partial charge is 0.129 e. The molecule has 1 atom stereocenters. The standard InChI is InChI=1S/C16H24O2/c1-6-18-15-9-12(3)16(13(4)10-15)11(2)7-8-14(5)17/h9-11H,6-8H2,1-5H3. The third-order valence-corrected chi connectivity index (χ3v) is 3.30. The third-order valence-electron chi connectivity index (χ3n) is 3.30. The first-order chi connectivity index (χ1) is 8.45. The number of carbonyl (C=O) groups excluding carboxylic acids is 1. The fourth-order valence-electron chi connectivity index (χ4n) is 2.53. The molecule has 0 spiro atoms. The van der Waals surface area contributed by atoms with Gasteiger partial charge in [0.25, 0.3) is 0 Å². The minimum absolute atomic E-state index is 0.267. The molecule has 0 aliphatic rings. The zero-order valence-electron chi connectivity index (χ0n) is 12.2. The van der Waals surface area contributed by atoms with Gasteiger partial charge in [-0.3, -0.25) is 0 Å². The Bertz CT molecular complexity index is 398. The van der Waals surface area contributed by atoms with Gasteiger partial charge in [0.2, 0.25) is 0 Å². The molecule has 100 valence electrons. The van der Waals surface area contributed by atoms with Crippen molar-refractivity contribution in [2.75, 3.05) is 6.61 Å². The van der Waals surface area contributed by atoms with Gasteiger partial charge in [-0.2, -0.15) is 0 Å². The molecule has 0 radical (unpaired) electrons. The number of hydrogen-bond acceptors (Lipinski definition) is 2. The maximum absolute atomic E-state index is 11.1. The molecular formula is C16H24O2. The van der Waals surface area contributed by atoms with E-state index in [9.17, 15) is 4.79 Å². The van der Waals surface area contributed by atoms with Crippen LogP contribution in [0.4, 0.5) is 0 Å². The van der Waals surface area contributed by atoms with Gasteiger partial charge in [0.05, 0.1) is 6.61 Å². The lowest BCUT2D eigenvalue weighted by Gasteiger charge is -2.18. The molecule has 0 bridgehead atoms. The fourth-order valence-corrected chi connectivity index (χ4v) is 2.53. The Balaban J connectivity index is 2.91. The summed E-state index contributed by atoms with van der Waals surface area (Å²) >= 11 is 0. The molecule has 1 unspecified atom stereocenters. The third kappa shape index (κ3) is 3.86. The molecular weight excluding hydrogens is 224 g/mol. The van der Waals surface area contributed by atoms with Crippen LogP contribution in [0.25, 0.3) is 0 Å². The van der Waals surface area contributed by atoms with E-state index in [1.165, 1.54) is 16.7 Å². The van der Waals surface area contributed by atoms with Gasteiger partial charge in [-0.1, -0.05) is 6.92 Å². The average molecular weight is 248 g/mol. The van der Waals surface area contributed by atoms with E-state index < -0.39 is 0 Å². The van der Waals surface area contributed by atoms with Crippen LogP contribution in [-0.4, -0.2) is 12.4 Å². The van der Waals surface area contributed by atoms with Crippen molar-refractivity contribution in [2.45, 2.75) is 53.4 Å². The van der Waals surface area contributed by atoms with Crippen LogP contribution in [0.15, 0.2) is 12.1 Å². The minimum Gasteiger partial charge on any atom is -0.494 e. The fraction of sp³-hybridized carbons (Fsp3) is 0.562. The van der Waals surface area contributed by atoms with E-state index >= 15 is 0 Å². The van der Waals surface area contributed by atoms with Gasteiger partial charge in [-0.25, -0.2) is 0 Å². The van der Waals surface area contributed by atoms with Crippen LogP contribution >= 0.6 is 0 Å². The van der Waals surface area contributed by atoms with Crippen LogP contribution in [0.1, 0.15) is 56.2 Å². The second-order valence-electron chi connectivity index (χ2n) is 5.05. The largest absolute Gasteiger partial charge is 0.494 e. The summed E-state index contributed by atoms with van der Waals surface area (Å²) in [5.41, 5.74) is 3.88. The molecule has 2 nitrogen and oxygen atoms in total. The van der Waals surface area contributed by atoms with Crippen LogP contribution in [0.5, 0.6) is 5.75 Å². The van der Waals surface area contributed by atoms with Crippen LogP contribution in [-0.2, 0) is 4.79 Å². The second kappa shape index (κ2) is 6.58. The molecule has 0 aliphatic carbocycles. The van der Waals surface area contributed by atoms with E-state index in [0.29, 0.717) is 18.9 Å². The Kier molecular flexibility index (Phi) is 5.39. The molecule has 2 heteroatoms. The van der Waals surface area contributed by atoms with Gasteiger partial charge in [0.15, 0.2) is 0 Å². The highest BCUT2D eigenvalue weighted by atomic mass is 16.5. The number of rotatable bonds is 6. The number of aryl methyl sites for hydroxylation is 2. The van der Waals surface area contributed by atoms with Crippen molar-refractivity contribution in [3.8, 4) is 5.75 Å². The van der Waals surface area contributed by atoms with Crippen molar-refractivity contribution < 1.29 is 9.53 Å². The highest BCUT2D eigenvalue weighted by molar-refractivity contribution is 5.75. The molecule has 0 aliphatic heterocycles. The van der Waals surface area contributed by atoms with Crippen molar-refractivity contribution in [1.82, 2.24) is 0 Å². The Hall–Kier alpha value is -1.31. The lowest BCUT2D eigenvalue weighted by molar-refractivity contribution is -0.117. The SMILES string of the molecule is CCOc1cc(C)c(C(C)CCC(C)=O)c(C)c1. The molecule has 0 saturated carbocycles. The average Bonchev–Trinajstić information content (AvgIpc) is 2.25. The highest BCUT2D eigenvalue weighted by Crippen LogP contribution is 2.30.